The molecule has 4 fully saturated rings. The lowest BCUT2D eigenvalue weighted by molar-refractivity contribution is -0.149. The Morgan fingerprint density at radius 1 is 0.950 bits per heavy atom. The van der Waals surface area contributed by atoms with E-state index in [1.807, 2.05) is 19.1 Å². The van der Waals surface area contributed by atoms with Crippen LogP contribution in [0.1, 0.15) is 112 Å². The fourth-order valence-corrected chi connectivity index (χ4v) is 10.7. The van der Waals surface area contributed by atoms with E-state index >= 15 is 0 Å². The van der Waals surface area contributed by atoms with E-state index in [-0.39, 0.29) is 74.4 Å². The highest BCUT2D eigenvalue weighted by Crippen LogP contribution is 2.72. The summed E-state index contributed by atoms with van der Waals surface area (Å²) in [6.45, 7) is 13.7. The molecule has 0 heterocycles. The number of fused-ring (bicyclic) bond motifs is 7. The summed E-state index contributed by atoms with van der Waals surface area (Å²) in [7, 11) is 0. The first-order chi connectivity index (χ1) is 18.7. The van der Waals surface area contributed by atoms with Gasteiger partial charge in [-0.05, 0) is 97.9 Å². The summed E-state index contributed by atoms with van der Waals surface area (Å²) in [6.07, 6.45) is 14.5. The molecular formula is C35H48N2O3. The van der Waals surface area contributed by atoms with E-state index in [0.29, 0.717) is 6.42 Å². The SMILES string of the molecule is C[C@@H]1C(=O)C(C#N)=C[C@]2(C)C3=CC(=O)CC4C5CC(C)(C)CC[C@]5(NC(=O)C5CCC5)CC[C@@]4(C)[C@]3(C)CC[C@@H]12. The molecule has 0 aromatic carbocycles. The molecule has 216 valence electrons. The third-order valence-electron chi connectivity index (χ3n) is 13.7. The maximum atomic E-state index is 14.0. The highest BCUT2D eigenvalue weighted by atomic mass is 16.2. The number of carbonyl (C=O) groups excluding carboxylic acids is 3. The molecule has 1 N–H and O–H groups in total. The standard InChI is InChI=1S/C35H48N2O3/c1-21-25-10-11-34(6)28(32(25,4)18-23(20-36)29(21)39)17-24(38)16-26-27-19-31(2,3)12-14-35(27,15-13-33(26,34)5)37-30(40)22-8-7-9-22/h17-18,21-22,25-27H,7-16,19H2,1-6H3,(H,37,40)/t21-,25-,26?,27?,32-,33+,34+,35-/m0/s1. The molecule has 1 amide bonds. The van der Waals surface area contributed by atoms with Gasteiger partial charge in [-0.2, -0.15) is 5.26 Å². The molecule has 0 bridgehead atoms. The monoisotopic (exact) mass is 544 g/mol. The largest absolute Gasteiger partial charge is 0.350 e. The highest BCUT2D eigenvalue weighted by molar-refractivity contribution is 6.02. The van der Waals surface area contributed by atoms with Crippen molar-refractivity contribution in [1.82, 2.24) is 5.32 Å². The Hall–Kier alpha value is -2.22. The molecule has 0 spiro atoms. The fourth-order valence-electron chi connectivity index (χ4n) is 10.7. The minimum atomic E-state index is -0.488. The van der Waals surface area contributed by atoms with Crippen LogP contribution in [-0.2, 0) is 14.4 Å². The molecule has 40 heavy (non-hydrogen) atoms. The predicted molar refractivity (Wildman–Crippen MR) is 155 cm³/mol. The molecule has 0 aromatic heterocycles. The number of ketones is 2. The fraction of sp³-hybridized carbons (Fsp3) is 0.771. The second kappa shape index (κ2) is 8.89. The van der Waals surface area contributed by atoms with Crippen LogP contribution in [0.2, 0.25) is 0 Å². The van der Waals surface area contributed by atoms with Gasteiger partial charge in [0, 0.05) is 29.2 Å². The molecule has 4 saturated carbocycles. The highest BCUT2D eigenvalue weighted by Gasteiger charge is 2.67. The summed E-state index contributed by atoms with van der Waals surface area (Å²) in [5, 5.41) is 13.5. The summed E-state index contributed by atoms with van der Waals surface area (Å²) in [5.74, 6) is 0.843. The smallest absolute Gasteiger partial charge is 0.223 e. The molecule has 6 aliphatic rings. The molecule has 8 atom stereocenters. The lowest BCUT2D eigenvalue weighted by Crippen LogP contribution is -2.67. The zero-order chi connectivity index (χ0) is 28.9. The van der Waals surface area contributed by atoms with Crippen LogP contribution in [0.5, 0.6) is 0 Å². The Bertz CT molecular complexity index is 1270. The molecule has 0 aliphatic heterocycles. The van der Waals surface area contributed by atoms with E-state index < -0.39 is 5.41 Å². The van der Waals surface area contributed by atoms with Gasteiger partial charge in [-0.1, -0.05) is 59.6 Å². The molecule has 0 saturated heterocycles. The number of allylic oxidation sites excluding steroid dienone is 4. The van der Waals surface area contributed by atoms with Crippen LogP contribution >= 0.6 is 0 Å². The number of carbonyl (C=O) groups is 3. The number of rotatable bonds is 2. The first-order valence-corrected chi connectivity index (χ1v) is 15.9. The number of nitrogens with one attached hydrogen (secondary N) is 1. The Labute approximate surface area is 240 Å². The number of nitriles is 1. The Morgan fingerprint density at radius 2 is 1.65 bits per heavy atom. The van der Waals surface area contributed by atoms with Gasteiger partial charge in [0.25, 0.3) is 0 Å². The van der Waals surface area contributed by atoms with Crippen molar-refractivity contribution in [2.45, 2.75) is 118 Å². The zero-order valence-corrected chi connectivity index (χ0v) is 25.5. The minimum absolute atomic E-state index is 0.0488. The van der Waals surface area contributed by atoms with E-state index in [1.165, 1.54) is 0 Å². The molecule has 5 heteroatoms. The van der Waals surface area contributed by atoms with E-state index in [9.17, 15) is 19.6 Å². The average molecular weight is 545 g/mol. The molecule has 6 rings (SSSR count). The van der Waals surface area contributed by atoms with Crippen LogP contribution in [0.25, 0.3) is 0 Å². The van der Waals surface area contributed by atoms with Gasteiger partial charge in [-0.3, -0.25) is 14.4 Å². The quantitative estimate of drug-likeness (QED) is 0.411. The molecule has 6 aliphatic carbocycles. The lowest BCUT2D eigenvalue weighted by atomic mass is 9.38. The van der Waals surface area contributed by atoms with Crippen molar-refractivity contribution >= 4 is 17.5 Å². The summed E-state index contributed by atoms with van der Waals surface area (Å²) in [6, 6.07) is 2.19. The summed E-state index contributed by atoms with van der Waals surface area (Å²) in [5.41, 5.74) is 0.523. The zero-order valence-electron chi connectivity index (χ0n) is 25.5. The molecule has 0 radical (unpaired) electrons. The molecule has 0 aromatic rings. The summed E-state index contributed by atoms with van der Waals surface area (Å²) in [4.78, 5) is 40.5. The van der Waals surface area contributed by atoms with Crippen molar-refractivity contribution < 1.29 is 14.4 Å². The Kier molecular flexibility index (Phi) is 6.21. The second-order valence-corrected chi connectivity index (χ2v) is 16.1. The van der Waals surface area contributed by atoms with Crippen LogP contribution in [0.3, 0.4) is 0 Å². The molecule has 2 unspecified atom stereocenters. The van der Waals surface area contributed by atoms with Crippen LogP contribution in [-0.4, -0.2) is 23.0 Å². The van der Waals surface area contributed by atoms with E-state index in [0.717, 1.165) is 69.8 Å². The Balaban J connectivity index is 1.45. The van der Waals surface area contributed by atoms with E-state index in [4.69, 9.17) is 0 Å². The maximum Gasteiger partial charge on any atom is 0.223 e. The van der Waals surface area contributed by atoms with Crippen molar-refractivity contribution in [2.75, 3.05) is 0 Å². The van der Waals surface area contributed by atoms with Crippen LogP contribution in [0.4, 0.5) is 0 Å². The van der Waals surface area contributed by atoms with E-state index in [2.05, 4.69) is 46.0 Å². The number of hydrogen-bond donors (Lipinski definition) is 1. The topological polar surface area (TPSA) is 87.0 Å². The number of Topliss-reactive ketones (excluding diaryl/α,β-unsaturated/α-hetero) is 1. The van der Waals surface area contributed by atoms with Crippen molar-refractivity contribution in [1.29, 1.82) is 5.26 Å². The van der Waals surface area contributed by atoms with Gasteiger partial charge in [0.15, 0.2) is 11.6 Å². The average Bonchev–Trinajstić information content (AvgIpc) is 2.94. The lowest BCUT2D eigenvalue weighted by Gasteiger charge is -2.67. The van der Waals surface area contributed by atoms with Gasteiger partial charge in [-0.25, -0.2) is 0 Å². The molecular weight excluding hydrogens is 496 g/mol. The first-order valence-electron chi connectivity index (χ1n) is 15.9. The van der Waals surface area contributed by atoms with Gasteiger partial charge >= 0.3 is 0 Å². The molecule has 5 nitrogen and oxygen atoms in total. The van der Waals surface area contributed by atoms with E-state index in [1.54, 1.807) is 0 Å². The van der Waals surface area contributed by atoms with Gasteiger partial charge < -0.3 is 5.32 Å². The van der Waals surface area contributed by atoms with Crippen molar-refractivity contribution in [3.05, 3.63) is 23.3 Å². The third-order valence-corrected chi connectivity index (χ3v) is 13.7. The Morgan fingerprint density at radius 3 is 2.30 bits per heavy atom. The maximum absolute atomic E-state index is 14.0. The first kappa shape index (κ1) is 27.9. The normalized spacial score (nSPS) is 46.1. The predicted octanol–water partition coefficient (Wildman–Crippen LogP) is 6.87. The van der Waals surface area contributed by atoms with Crippen molar-refractivity contribution in [3.8, 4) is 6.07 Å². The summed E-state index contributed by atoms with van der Waals surface area (Å²) >= 11 is 0. The number of hydrogen-bond acceptors (Lipinski definition) is 4. The van der Waals surface area contributed by atoms with Crippen LogP contribution in [0.15, 0.2) is 23.3 Å². The number of nitrogens with zero attached hydrogens (tertiary/aromatic N) is 1. The van der Waals surface area contributed by atoms with Crippen molar-refractivity contribution in [3.63, 3.8) is 0 Å². The third kappa shape index (κ3) is 3.73. The van der Waals surface area contributed by atoms with Gasteiger partial charge in [0.1, 0.15) is 6.07 Å². The second-order valence-electron chi connectivity index (χ2n) is 16.1. The van der Waals surface area contributed by atoms with Gasteiger partial charge in [0.05, 0.1) is 5.57 Å². The van der Waals surface area contributed by atoms with Crippen LogP contribution in [0, 0.1) is 62.6 Å². The summed E-state index contributed by atoms with van der Waals surface area (Å²) < 4.78 is 0. The minimum Gasteiger partial charge on any atom is -0.350 e. The van der Waals surface area contributed by atoms with Gasteiger partial charge in [-0.15, -0.1) is 0 Å². The van der Waals surface area contributed by atoms with Crippen LogP contribution < -0.4 is 5.32 Å². The number of amides is 1. The van der Waals surface area contributed by atoms with Gasteiger partial charge in [0.2, 0.25) is 5.91 Å². The van der Waals surface area contributed by atoms with Crippen molar-refractivity contribution in [2.24, 2.45) is 51.2 Å².